The SMILES string of the molecule is COCC1O[C@@H](O[C@H]2C(Cn3cc(CN(CCNC(=O)OC(C)(C)C)Cc4cn(CC5O[C@@H](O[C@H]6C(COC)O[C@@H](C)C(OC)[C@H]6O)C(OC)[C@@H](O)[C@H]5O)nn4)nn3)O[C@@H](C)C(OC)[C@H]2O)C(OC)[C@@H](O)[C@H]1O. The fourth-order valence-corrected chi connectivity index (χ4v) is 9.64. The molecule has 1 amide bonds. The Bertz CT molecular complexity index is 1960. The topological polar surface area (TPSA) is 335 Å². The van der Waals surface area contributed by atoms with E-state index in [9.17, 15) is 35.4 Å². The van der Waals surface area contributed by atoms with Gasteiger partial charge < -0.3 is 97.5 Å². The molecule has 4 fully saturated rings. The van der Waals surface area contributed by atoms with Crippen molar-refractivity contribution in [1.29, 1.82) is 0 Å². The van der Waals surface area contributed by atoms with Gasteiger partial charge >= 0.3 is 6.09 Å². The van der Waals surface area contributed by atoms with Gasteiger partial charge in [-0.2, -0.15) is 0 Å². The minimum Gasteiger partial charge on any atom is -0.444 e. The standard InChI is InChI=1S/C45H78N8O20/c1-22-36(63-8)34(58)38(71-43-41(66-11)33(57)31(55)28(70-43)20-61-6)27(67-22)19-53-17-25(48-50-53)15-51(13-12-46-44(60)73-45(3,4)5)14-24-16-52(49-47-24)18-26-30(54)32(56)40(65-10)42(69-26)72-39-29(21-62-7)68-23(2)37(64-9)35(39)59/h16-17,22-23,26-43,54-59H,12-15,18-21H2,1-11H3,(H,46,60)/t22-,23-,26?,27?,28?,29?,30-,31-,32-,33-,34+,35+,36?,37?,38-,39-,40?,41?,42-,43-/m0/s1. The molecular formula is C45H78N8O20. The number of aliphatic hydroxyl groups excluding tert-OH is 6. The summed E-state index contributed by atoms with van der Waals surface area (Å²) in [5.74, 6) is 0. The van der Waals surface area contributed by atoms with Crippen LogP contribution >= 0.6 is 0 Å². The third kappa shape index (κ3) is 14.8. The molecule has 0 spiro atoms. The van der Waals surface area contributed by atoms with Crippen LogP contribution < -0.4 is 5.32 Å². The van der Waals surface area contributed by atoms with Gasteiger partial charge in [0.25, 0.3) is 0 Å². The molecule has 4 saturated heterocycles. The molecular weight excluding hydrogens is 973 g/mol. The average Bonchev–Trinajstić information content (AvgIpc) is 3.97. The maximum atomic E-state index is 12.6. The Morgan fingerprint density at radius 3 is 1.52 bits per heavy atom. The van der Waals surface area contributed by atoms with Gasteiger partial charge in [-0.3, -0.25) is 4.90 Å². The number of carbonyl (C=O) groups is 1. The first-order valence-corrected chi connectivity index (χ1v) is 24.3. The summed E-state index contributed by atoms with van der Waals surface area (Å²) >= 11 is 0. The molecule has 0 bridgehead atoms. The lowest BCUT2D eigenvalue weighted by Gasteiger charge is -2.47. The number of aliphatic hydroxyl groups is 6. The molecule has 4 aliphatic heterocycles. The summed E-state index contributed by atoms with van der Waals surface area (Å²) < 4.78 is 78.3. The second-order valence-electron chi connectivity index (χ2n) is 19.7. The van der Waals surface area contributed by atoms with Gasteiger partial charge in [-0.15, -0.1) is 10.2 Å². The van der Waals surface area contributed by atoms with E-state index in [-0.39, 0.29) is 52.5 Å². The second-order valence-corrected chi connectivity index (χ2v) is 19.7. The molecule has 0 aliphatic carbocycles. The highest BCUT2D eigenvalue weighted by molar-refractivity contribution is 5.67. The van der Waals surface area contributed by atoms with Crippen molar-refractivity contribution in [2.75, 3.05) is 69.0 Å². The largest absolute Gasteiger partial charge is 0.444 e. The highest BCUT2D eigenvalue weighted by atomic mass is 16.7. The quantitative estimate of drug-likeness (QED) is 0.0574. The van der Waals surface area contributed by atoms with Crippen LogP contribution in [0.3, 0.4) is 0 Å². The van der Waals surface area contributed by atoms with Crippen molar-refractivity contribution in [3.63, 3.8) is 0 Å². The predicted octanol–water partition coefficient (Wildman–Crippen LogP) is -3.29. The number of alkyl carbamates (subject to hydrolysis) is 1. The van der Waals surface area contributed by atoms with Gasteiger partial charge in [0.2, 0.25) is 0 Å². The van der Waals surface area contributed by atoms with Crippen molar-refractivity contribution in [2.24, 2.45) is 0 Å². The molecule has 8 unspecified atom stereocenters. The summed E-state index contributed by atoms with van der Waals surface area (Å²) in [6, 6.07) is 0. The third-order valence-corrected chi connectivity index (χ3v) is 13.2. The highest BCUT2D eigenvalue weighted by Gasteiger charge is 2.53. The van der Waals surface area contributed by atoms with Gasteiger partial charge in [0.05, 0.1) is 49.9 Å². The van der Waals surface area contributed by atoms with Gasteiger partial charge in [0.15, 0.2) is 12.6 Å². The first-order valence-electron chi connectivity index (χ1n) is 24.3. The predicted molar refractivity (Wildman–Crippen MR) is 247 cm³/mol. The zero-order valence-electron chi connectivity index (χ0n) is 43.4. The van der Waals surface area contributed by atoms with Crippen molar-refractivity contribution in [3.8, 4) is 0 Å². The molecule has 6 rings (SSSR count). The summed E-state index contributed by atoms with van der Waals surface area (Å²) in [6.45, 7) is 9.61. The fourth-order valence-electron chi connectivity index (χ4n) is 9.64. The second kappa shape index (κ2) is 26.7. The van der Waals surface area contributed by atoms with Crippen molar-refractivity contribution in [2.45, 2.75) is 189 Å². The third-order valence-electron chi connectivity index (χ3n) is 13.2. The molecule has 418 valence electrons. The van der Waals surface area contributed by atoms with Crippen molar-refractivity contribution in [1.82, 2.24) is 40.2 Å². The van der Waals surface area contributed by atoms with Crippen LogP contribution in [-0.2, 0) is 87.8 Å². The number of amides is 1. The van der Waals surface area contributed by atoms with Crippen molar-refractivity contribution >= 4 is 6.09 Å². The summed E-state index contributed by atoms with van der Waals surface area (Å²) in [7, 11) is 8.48. The number of nitrogens with zero attached hydrogens (tertiary/aromatic N) is 7. The Hall–Kier alpha value is -3.21. The number of aromatic nitrogens is 6. The van der Waals surface area contributed by atoms with Crippen LogP contribution in [0, 0.1) is 0 Å². The van der Waals surface area contributed by atoms with E-state index in [1.807, 2.05) is 4.90 Å². The van der Waals surface area contributed by atoms with Crippen molar-refractivity contribution < 1.29 is 97.0 Å². The van der Waals surface area contributed by atoms with E-state index in [1.165, 1.54) is 52.0 Å². The first kappa shape index (κ1) is 59.0. The monoisotopic (exact) mass is 1050 g/mol. The Labute approximate surface area is 424 Å². The lowest BCUT2D eigenvalue weighted by molar-refractivity contribution is -0.344. The van der Waals surface area contributed by atoms with E-state index >= 15 is 0 Å². The Balaban J connectivity index is 1.16. The number of hydrogen-bond donors (Lipinski definition) is 7. The molecule has 4 aliphatic rings. The number of rotatable bonds is 23. The average molecular weight is 1050 g/mol. The molecule has 2 aromatic rings. The summed E-state index contributed by atoms with van der Waals surface area (Å²) in [5.41, 5.74) is 0.274. The molecule has 0 saturated carbocycles. The Morgan fingerprint density at radius 1 is 0.603 bits per heavy atom. The number of nitrogens with one attached hydrogen (secondary N) is 1. The maximum absolute atomic E-state index is 12.6. The van der Waals surface area contributed by atoms with Crippen LogP contribution in [0.5, 0.6) is 0 Å². The zero-order valence-corrected chi connectivity index (χ0v) is 43.4. The van der Waals surface area contributed by atoms with Gasteiger partial charge in [-0.1, -0.05) is 10.4 Å². The Kier molecular flexibility index (Phi) is 21.6. The zero-order chi connectivity index (χ0) is 53.3. The van der Waals surface area contributed by atoms with E-state index in [4.69, 9.17) is 61.6 Å². The minimum absolute atomic E-state index is 0.0392. The smallest absolute Gasteiger partial charge is 0.407 e. The normalized spacial score (nSPS) is 37.4. The van der Waals surface area contributed by atoms with Crippen LogP contribution in [0.1, 0.15) is 46.0 Å². The van der Waals surface area contributed by atoms with Gasteiger partial charge in [0.1, 0.15) is 103 Å². The number of ether oxygens (including phenoxy) is 13. The minimum atomic E-state index is -1.47. The number of carbonyl (C=O) groups excluding carboxylic acids is 1. The van der Waals surface area contributed by atoms with E-state index < -0.39 is 134 Å². The Morgan fingerprint density at radius 2 is 1.04 bits per heavy atom. The van der Waals surface area contributed by atoms with Crippen molar-refractivity contribution in [3.05, 3.63) is 23.8 Å². The van der Waals surface area contributed by atoms with Gasteiger partial charge in [-0.25, -0.2) is 14.2 Å². The molecule has 20 atom stereocenters. The molecule has 28 heteroatoms. The number of hydrogen-bond acceptors (Lipinski definition) is 25. The molecule has 0 aromatic carbocycles. The fraction of sp³-hybridized carbons (Fsp3) is 0.889. The van der Waals surface area contributed by atoms with Gasteiger partial charge in [-0.05, 0) is 34.6 Å². The molecule has 0 radical (unpaired) electrons. The molecule has 7 N–H and O–H groups in total. The van der Waals surface area contributed by atoms with E-state index in [0.29, 0.717) is 11.4 Å². The summed E-state index contributed by atoms with van der Waals surface area (Å²) in [6.07, 6.45) is -18.6. The van der Waals surface area contributed by atoms with Crippen LogP contribution in [-0.4, -0.2) is 269 Å². The highest BCUT2D eigenvalue weighted by Crippen LogP contribution is 2.34. The maximum Gasteiger partial charge on any atom is 0.407 e. The molecule has 28 nitrogen and oxygen atoms in total. The van der Waals surface area contributed by atoms with E-state index in [2.05, 4.69) is 25.9 Å². The first-order chi connectivity index (χ1) is 34.7. The van der Waals surface area contributed by atoms with Gasteiger partial charge in [0, 0.05) is 81.2 Å². The van der Waals surface area contributed by atoms with E-state index in [0.717, 1.165) is 0 Å². The molecule has 73 heavy (non-hydrogen) atoms. The molecule has 6 heterocycles. The number of methoxy groups -OCH3 is 6. The van der Waals surface area contributed by atoms with Crippen LogP contribution in [0.15, 0.2) is 12.4 Å². The van der Waals surface area contributed by atoms with E-state index in [1.54, 1.807) is 47.0 Å². The summed E-state index contributed by atoms with van der Waals surface area (Å²) in [5, 5.41) is 87.2. The lowest BCUT2D eigenvalue weighted by atomic mass is 9.94. The van der Waals surface area contributed by atoms with Crippen LogP contribution in [0.2, 0.25) is 0 Å². The summed E-state index contributed by atoms with van der Waals surface area (Å²) in [4.78, 5) is 14.6. The van der Waals surface area contributed by atoms with Crippen LogP contribution in [0.4, 0.5) is 4.79 Å². The van der Waals surface area contributed by atoms with Crippen LogP contribution in [0.25, 0.3) is 0 Å². The lowest BCUT2D eigenvalue weighted by Crippen LogP contribution is -2.64. The molecule has 2 aromatic heterocycles.